The van der Waals surface area contributed by atoms with Gasteiger partial charge in [0.2, 0.25) is 11.8 Å². The normalized spacial score (nSPS) is 21.7. The first kappa shape index (κ1) is 24.5. The van der Waals surface area contributed by atoms with E-state index in [0.717, 1.165) is 51.4 Å². The molecule has 35 heavy (non-hydrogen) atoms. The molecule has 2 fully saturated rings. The third-order valence-corrected chi connectivity index (χ3v) is 9.23. The van der Waals surface area contributed by atoms with Crippen molar-refractivity contribution in [2.45, 2.75) is 63.8 Å². The molecule has 2 aliphatic heterocycles. The molecule has 5 rings (SSSR count). The summed E-state index contributed by atoms with van der Waals surface area (Å²) in [6, 6.07) is 13.2. The average molecular weight is 494 g/mol. The van der Waals surface area contributed by atoms with Gasteiger partial charge in [0, 0.05) is 57.0 Å². The topological polar surface area (TPSA) is 43.9 Å². The molecule has 0 spiro atoms. The first-order valence-electron chi connectivity index (χ1n) is 13.6. The lowest BCUT2D eigenvalue weighted by atomic mass is 9.93. The SMILES string of the molecule is O=C(CCC1CCCC1)N1CCCN(C(=O)CCN2CCc3sccc3C2c2ccccc2)CC1. The van der Waals surface area contributed by atoms with E-state index in [0.29, 0.717) is 25.9 Å². The number of hydrogen-bond acceptors (Lipinski definition) is 4. The molecule has 5 nitrogen and oxygen atoms in total. The Kier molecular flexibility index (Phi) is 8.20. The van der Waals surface area contributed by atoms with Crippen LogP contribution in [0.2, 0.25) is 0 Å². The first-order chi connectivity index (χ1) is 17.2. The molecule has 2 amide bonds. The summed E-state index contributed by atoms with van der Waals surface area (Å²) in [5.41, 5.74) is 2.71. The van der Waals surface area contributed by atoms with Crippen molar-refractivity contribution in [3.05, 3.63) is 57.8 Å². The molecule has 1 saturated carbocycles. The zero-order valence-electron chi connectivity index (χ0n) is 20.9. The number of amides is 2. The molecular formula is C29H39N3O2S. The van der Waals surface area contributed by atoms with Crippen LogP contribution in [0, 0.1) is 5.92 Å². The Labute approximate surface area is 214 Å². The predicted octanol–water partition coefficient (Wildman–Crippen LogP) is 5.12. The van der Waals surface area contributed by atoms with Crippen LogP contribution in [0.15, 0.2) is 41.8 Å². The monoisotopic (exact) mass is 493 g/mol. The van der Waals surface area contributed by atoms with Crippen molar-refractivity contribution in [1.82, 2.24) is 14.7 Å². The summed E-state index contributed by atoms with van der Waals surface area (Å²) in [4.78, 5) is 34.0. The molecule has 1 aliphatic carbocycles. The van der Waals surface area contributed by atoms with Crippen LogP contribution in [0.4, 0.5) is 0 Å². The lowest BCUT2D eigenvalue weighted by Gasteiger charge is -2.36. The van der Waals surface area contributed by atoms with E-state index < -0.39 is 0 Å². The van der Waals surface area contributed by atoms with E-state index in [1.54, 1.807) is 0 Å². The minimum atomic E-state index is 0.230. The second kappa shape index (κ2) is 11.7. The molecule has 3 heterocycles. The van der Waals surface area contributed by atoms with Crippen LogP contribution in [0.1, 0.15) is 73.4 Å². The van der Waals surface area contributed by atoms with Crippen molar-refractivity contribution < 1.29 is 9.59 Å². The quantitative estimate of drug-likeness (QED) is 0.538. The van der Waals surface area contributed by atoms with Gasteiger partial charge < -0.3 is 9.80 Å². The third-order valence-electron chi connectivity index (χ3n) is 8.24. The van der Waals surface area contributed by atoms with E-state index in [-0.39, 0.29) is 17.9 Å². The Morgan fingerprint density at radius 1 is 0.829 bits per heavy atom. The van der Waals surface area contributed by atoms with E-state index in [9.17, 15) is 9.59 Å². The Bertz CT molecular complexity index is 985. The number of benzene rings is 1. The van der Waals surface area contributed by atoms with Crippen molar-refractivity contribution in [2.24, 2.45) is 5.92 Å². The van der Waals surface area contributed by atoms with Gasteiger partial charge in [0.1, 0.15) is 0 Å². The summed E-state index contributed by atoms with van der Waals surface area (Å²) in [5.74, 6) is 1.27. The molecule has 1 aromatic heterocycles. The van der Waals surface area contributed by atoms with E-state index in [1.807, 2.05) is 21.1 Å². The molecule has 0 radical (unpaired) electrons. The lowest BCUT2D eigenvalue weighted by Crippen LogP contribution is -2.40. The lowest BCUT2D eigenvalue weighted by molar-refractivity contribution is -0.134. The minimum Gasteiger partial charge on any atom is -0.341 e. The van der Waals surface area contributed by atoms with Crippen molar-refractivity contribution in [1.29, 1.82) is 0 Å². The molecule has 0 bridgehead atoms. The maximum Gasteiger partial charge on any atom is 0.223 e. The van der Waals surface area contributed by atoms with Gasteiger partial charge in [0.15, 0.2) is 0 Å². The van der Waals surface area contributed by atoms with Gasteiger partial charge in [-0.25, -0.2) is 0 Å². The summed E-state index contributed by atoms with van der Waals surface area (Å²) < 4.78 is 0. The van der Waals surface area contributed by atoms with Crippen LogP contribution in [0.25, 0.3) is 0 Å². The highest BCUT2D eigenvalue weighted by Crippen LogP contribution is 2.37. The van der Waals surface area contributed by atoms with Crippen molar-refractivity contribution >= 4 is 23.2 Å². The predicted molar refractivity (Wildman–Crippen MR) is 141 cm³/mol. The maximum absolute atomic E-state index is 13.2. The maximum atomic E-state index is 13.2. The van der Waals surface area contributed by atoms with Gasteiger partial charge in [-0.1, -0.05) is 56.0 Å². The zero-order valence-corrected chi connectivity index (χ0v) is 21.7. The third kappa shape index (κ3) is 5.97. The van der Waals surface area contributed by atoms with Gasteiger partial charge in [-0.3, -0.25) is 14.5 Å². The fraction of sp³-hybridized carbons (Fsp3) is 0.586. The van der Waals surface area contributed by atoms with Crippen molar-refractivity contribution in [3.63, 3.8) is 0 Å². The smallest absolute Gasteiger partial charge is 0.223 e. The van der Waals surface area contributed by atoms with Gasteiger partial charge in [0.05, 0.1) is 6.04 Å². The summed E-state index contributed by atoms with van der Waals surface area (Å²) >= 11 is 1.85. The molecule has 1 atom stereocenters. The Hall–Kier alpha value is -2.18. The van der Waals surface area contributed by atoms with E-state index in [2.05, 4.69) is 46.7 Å². The largest absolute Gasteiger partial charge is 0.341 e. The van der Waals surface area contributed by atoms with Gasteiger partial charge in [-0.05, 0) is 47.8 Å². The Morgan fingerprint density at radius 3 is 2.29 bits per heavy atom. The van der Waals surface area contributed by atoms with Crippen LogP contribution in [-0.2, 0) is 16.0 Å². The van der Waals surface area contributed by atoms with Gasteiger partial charge in [-0.2, -0.15) is 0 Å². The molecule has 0 N–H and O–H groups in total. The summed E-state index contributed by atoms with van der Waals surface area (Å²) in [7, 11) is 0. The van der Waals surface area contributed by atoms with Crippen LogP contribution in [0.5, 0.6) is 0 Å². The molecule has 6 heteroatoms. The molecule has 2 aromatic rings. The molecular weight excluding hydrogens is 454 g/mol. The van der Waals surface area contributed by atoms with Crippen molar-refractivity contribution in [3.8, 4) is 0 Å². The van der Waals surface area contributed by atoms with Crippen LogP contribution < -0.4 is 0 Å². The van der Waals surface area contributed by atoms with E-state index in [1.165, 1.54) is 41.7 Å². The number of thiophene rings is 1. The number of rotatable bonds is 7. The fourth-order valence-electron chi connectivity index (χ4n) is 6.23. The number of nitrogens with zero attached hydrogens (tertiary/aromatic N) is 3. The van der Waals surface area contributed by atoms with Crippen LogP contribution in [-0.4, -0.2) is 65.8 Å². The summed E-state index contributed by atoms with van der Waals surface area (Å²) in [6.07, 6.45) is 9.47. The first-order valence-corrected chi connectivity index (χ1v) is 14.5. The Balaban J connectivity index is 1.14. The second-order valence-corrected chi connectivity index (χ2v) is 11.5. The van der Waals surface area contributed by atoms with Gasteiger partial charge in [0.25, 0.3) is 0 Å². The molecule has 1 unspecified atom stereocenters. The Morgan fingerprint density at radius 2 is 1.54 bits per heavy atom. The highest BCUT2D eigenvalue weighted by Gasteiger charge is 2.30. The van der Waals surface area contributed by atoms with Crippen molar-refractivity contribution in [2.75, 3.05) is 39.3 Å². The van der Waals surface area contributed by atoms with Crippen LogP contribution >= 0.6 is 11.3 Å². The average Bonchev–Trinajstić information content (AvgIpc) is 3.53. The standard InChI is InChI=1S/C29H39N3O2S/c33-27(12-11-23-7-4-5-8-23)30-16-6-17-31(21-20-30)28(34)14-19-32-18-13-26-25(15-22-35-26)29(32)24-9-2-1-3-10-24/h1-3,9-10,15,22-23,29H,4-8,11-14,16-21H2. The fourth-order valence-corrected chi connectivity index (χ4v) is 7.14. The second-order valence-electron chi connectivity index (χ2n) is 10.5. The summed E-state index contributed by atoms with van der Waals surface area (Å²) in [6.45, 7) is 4.67. The van der Waals surface area contributed by atoms with Gasteiger partial charge in [-0.15, -0.1) is 11.3 Å². The number of hydrogen-bond donors (Lipinski definition) is 0. The zero-order chi connectivity index (χ0) is 24.0. The number of fused-ring (bicyclic) bond motifs is 1. The van der Waals surface area contributed by atoms with Crippen LogP contribution in [0.3, 0.4) is 0 Å². The number of carbonyl (C=O) groups is 2. The summed E-state index contributed by atoms with van der Waals surface area (Å²) in [5, 5.41) is 2.20. The van der Waals surface area contributed by atoms with E-state index >= 15 is 0 Å². The van der Waals surface area contributed by atoms with E-state index in [4.69, 9.17) is 0 Å². The number of carbonyl (C=O) groups excluding carboxylic acids is 2. The highest BCUT2D eigenvalue weighted by atomic mass is 32.1. The highest BCUT2D eigenvalue weighted by molar-refractivity contribution is 7.10. The molecule has 3 aliphatic rings. The molecule has 1 saturated heterocycles. The van der Waals surface area contributed by atoms with Gasteiger partial charge >= 0.3 is 0 Å². The molecule has 188 valence electrons. The molecule has 1 aromatic carbocycles. The minimum absolute atomic E-state index is 0.230.